The summed E-state index contributed by atoms with van der Waals surface area (Å²) in [5, 5.41) is 3.02. The van der Waals surface area contributed by atoms with Gasteiger partial charge in [0.05, 0.1) is 11.8 Å². The van der Waals surface area contributed by atoms with Crippen LogP contribution in [0, 0.1) is 17.8 Å². The highest BCUT2D eigenvalue weighted by Crippen LogP contribution is 2.34. The molecule has 0 aromatic heterocycles. The monoisotopic (exact) mass is 304 g/mol. The van der Waals surface area contributed by atoms with E-state index in [4.69, 9.17) is 0 Å². The van der Waals surface area contributed by atoms with E-state index in [0.29, 0.717) is 18.8 Å². The summed E-state index contributed by atoms with van der Waals surface area (Å²) < 4.78 is 0. The van der Waals surface area contributed by atoms with Crippen LogP contribution in [0.1, 0.15) is 45.4 Å². The molecule has 1 saturated carbocycles. The standard InChI is InChI=1S/C17H24N2O3/c1-11-6-2-5-9-14(11)18-15(20)10-19-16(21)12-7-3-4-8-13(12)17(19)22/h3-4,11-14H,2,5-10H2,1H3,(H,18,20)/t11-,12-,13+,14-/m0/s1. The number of rotatable bonds is 3. The number of fused-ring (bicyclic) bond motifs is 1. The van der Waals surface area contributed by atoms with Crippen molar-refractivity contribution < 1.29 is 14.4 Å². The molecule has 1 saturated heterocycles. The first-order chi connectivity index (χ1) is 10.6. The summed E-state index contributed by atoms with van der Waals surface area (Å²) in [7, 11) is 0. The second kappa shape index (κ2) is 6.23. The number of imide groups is 1. The quantitative estimate of drug-likeness (QED) is 0.636. The molecule has 5 nitrogen and oxygen atoms in total. The van der Waals surface area contributed by atoms with Crippen molar-refractivity contribution >= 4 is 17.7 Å². The maximum atomic E-state index is 12.3. The molecule has 22 heavy (non-hydrogen) atoms. The van der Waals surface area contributed by atoms with Gasteiger partial charge in [-0.25, -0.2) is 0 Å². The van der Waals surface area contributed by atoms with Crippen LogP contribution in [0.25, 0.3) is 0 Å². The molecule has 5 heteroatoms. The molecule has 0 radical (unpaired) electrons. The van der Waals surface area contributed by atoms with E-state index >= 15 is 0 Å². The zero-order chi connectivity index (χ0) is 15.7. The van der Waals surface area contributed by atoms with Crippen molar-refractivity contribution in [1.29, 1.82) is 0 Å². The first kappa shape index (κ1) is 15.3. The van der Waals surface area contributed by atoms with Crippen LogP contribution in [-0.2, 0) is 14.4 Å². The molecule has 0 aromatic carbocycles. The first-order valence-corrected chi connectivity index (χ1v) is 8.37. The topological polar surface area (TPSA) is 66.5 Å². The lowest BCUT2D eigenvalue weighted by Crippen LogP contribution is -2.47. The van der Waals surface area contributed by atoms with E-state index in [0.717, 1.165) is 19.3 Å². The fourth-order valence-corrected chi connectivity index (χ4v) is 3.95. The minimum Gasteiger partial charge on any atom is -0.352 e. The number of likely N-dealkylation sites (tertiary alicyclic amines) is 1. The summed E-state index contributed by atoms with van der Waals surface area (Å²) in [4.78, 5) is 38.1. The van der Waals surface area contributed by atoms with Gasteiger partial charge in [-0.3, -0.25) is 19.3 Å². The van der Waals surface area contributed by atoms with Crippen LogP contribution in [0.5, 0.6) is 0 Å². The second-order valence-corrected chi connectivity index (χ2v) is 6.85. The van der Waals surface area contributed by atoms with Crippen molar-refractivity contribution in [3.05, 3.63) is 12.2 Å². The van der Waals surface area contributed by atoms with Gasteiger partial charge in [0.25, 0.3) is 0 Å². The maximum Gasteiger partial charge on any atom is 0.240 e. The van der Waals surface area contributed by atoms with E-state index in [9.17, 15) is 14.4 Å². The van der Waals surface area contributed by atoms with E-state index < -0.39 is 0 Å². The third kappa shape index (κ3) is 2.81. The molecule has 3 aliphatic rings. The Morgan fingerprint density at radius 1 is 1.14 bits per heavy atom. The number of carbonyl (C=O) groups excluding carboxylic acids is 3. The zero-order valence-electron chi connectivity index (χ0n) is 13.1. The number of nitrogens with one attached hydrogen (secondary N) is 1. The smallest absolute Gasteiger partial charge is 0.240 e. The Morgan fingerprint density at radius 3 is 2.32 bits per heavy atom. The van der Waals surface area contributed by atoms with Crippen LogP contribution in [0.15, 0.2) is 12.2 Å². The first-order valence-electron chi connectivity index (χ1n) is 8.37. The summed E-state index contributed by atoms with van der Waals surface area (Å²) in [6.07, 6.45) is 9.62. The second-order valence-electron chi connectivity index (χ2n) is 6.85. The van der Waals surface area contributed by atoms with Crippen molar-refractivity contribution in [2.75, 3.05) is 6.54 Å². The van der Waals surface area contributed by atoms with Gasteiger partial charge in [0.2, 0.25) is 17.7 Å². The van der Waals surface area contributed by atoms with Gasteiger partial charge in [0.1, 0.15) is 6.54 Å². The Hall–Kier alpha value is -1.65. The molecular formula is C17H24N2O3. The zero-order valence-corrected chi connectivity index (χ0v) is 13.1. The highest BCUT2D eigenvalue weighted by Gasteiger charge is 2.47. The van der Waals surface area contributed by atoms with Gasteiger partial charge in [-0.05, 0) is 31.6 Å². The SMILES string of the molecule is C[C@H]1CCCC[C@@H]1NC(=O)CN1C(=O)[C@H]2CC=CC[C@H]2C1=O. The Balaban J connectivity index is 1.59. The number of nitrogens with zero attached hydrogens (tertiary/aromatic N) is 1. The van der Waals surface area contributed by atoms with Crippen LogP contribution >= 0.6 is 0 Å². The molecule has 4 atom stereocenters. The Bertz CT molecular complexity index is 488. The largest absolute Gasteiger partial charge is 0.352 e. The predicted molar refractivity (Wildman–Crippen MR) is 81.6 cm³/mol. The molecule has 0 unspecified atom stereocenters. The Kier molecular flexibility index (Phi) is 4.32. The van der Waals surface area contributed by atoms with Gasteiger partial charge < -0.3 is 5.32 Å². The summed E-state index contributed by atoms with van der Waals surface area (Å²) in [5.41, 5.74) is 0. The molecule has 1 aliphatic heterocycles. The van der Waals surface area contributed by atoms with Crippen molar-refractivity contribution in [3.8, 4) is 0 Å². The number of hydrogen-bond donors (Lipinski definition) is 1. The average Bonchev–Trinajstić information content (AvgIpc) is 2.75. The maximum absolute atomic E-state index is 12.3. The number of allylic oxidation sites excluding steroid dienone is 2. The molecule has 1 N–H and O–H groups in total. The highest BCUT2D eigenvalue weighted by molar-refractivity contribution is 6.07. The third-order valence-electron chi connectivity index (χ3n) is 5.36. The summed E-state index contributed by atoms with van der Waals surface area (Å²) in [6.45, 7) is 2.03. The molecular weight excluding hydrogens is 280 g/mol. The van der Waals surface area contributed by atoms with Gasteiger partial charge in [-0.2, -0.15) is 0 Å². The minimum atomic E-state index is -0.251. The fraction of sp³-hybridized carbons (Fsp3) is 0.706. The molecule has 2 fully saturated rings. The fourth-order valence-electron chi connectivity index (χ4n) is 3.95. The van der Waals surface area contributed by atoms with Gasteiger partial charge in [-0.15, -0.1) is 0 Å². The van der Waals surface area contributed by atoms with Crippen LogP contribution in [0.4, 0.5) is 0 Å². The van der Waals surface area contributed by atoms with Crippen molar-refractivity contribution in [1.82, 2.24) is 10.2 Å². The summed E-state index contributed by atoms with van der Waals surface area (Å²) in [6, 6.07) is 0.179. The Labute approximate surface area is 131 Å². The van der Waals surface area contributed by atoms with Crippen LogP contribution < -0.4 is 5.32 Å². The van der Waals surface area contributed by atoms with Crippen molar-refractivity contribution in [2.24, 2.45) is 17.8 Å². The molecule has 0 spiro atoms. The van der Waals surface area contributed by atoms with Gasteiger partial charge in [-0.1, -0.05) is 31.9 Å². The lowest BCUT2D eigenvalue weighted by molar-refractivity contribution is -0.143. The number of hydrogen-bond acceptors (Lipinski definition) is 3. The molecule has 0 bridgehead atoms. The number of amides is 3. The molecule has 0 aromatic rings. The summed E-state index contributed by atoms with van der Waals surface area (Å²) in [5.74, 6) is -0.586. The van der Waals surface area contributed by atoms with E-state index in [1.807, 2.05) is 12.2 Å². The van der Waals surface area contributed by atoms with Crippen LogP contribution in [0.3, 0.4) is 0 Å². The Morgan fingerprint density at radius 2 is 1.73 bits per heavy atom. The lowest BCUT2D eigenvalue weighted by atomic mass is 9.85. The average molecular weight is 304 g/mol. The van der Waals surface area contributed by atoms with Gasteiger partial charge in [0, 0.05) is 6.04 Å². The van der Waals surface area contributed by atoms with Gasteiger partial charge >= 0.3 is 0 Å². The molecule has 1 heterocycles. The molecule has 3 amide bonds. The minimum absolute atomic E-state index is 0.117. The highest BCUT2D eigenvalue weighted by atomic mass is 16.2. The van der Waals surface area contributed by atoms with E-state index in [1.165, 1.54) is 11.3 Å². The van der Waals surface area contributed by atoms with E-state index in [-0.39, 0.29) is 42.1 Å². The van der Waals surface area contributed by atoms with Crippen molar-refractivity contribution in [2.45, 2.75) is 51.5 Å². The van der Waals surface area contributed by atoms with E-state index in [2.05, 4.69) is 12.2 Å². The lowest BCUT2D eigenvalue weighted by Gasteiger charge is -2.30. The number of carbonyl (C=O) groups is 3. The van der Waals surface area contributed by atoms with Gasteiger partial charge in [0.15, 0.2) is 0 Å². The normalized spacial score (nSPS) is 34.7. The van der Waals surface area contributed by atoms with Crippen molar-refractivity contribution in [3.63, 3.8) is 0 Å². The third-order valence-corrected chi connectivity index (χ3v) is 5.36. The summed E-state index contributed by atoms with van der Waals surface area (Å²) >= 11 is 0. The molecule has 120 valence electrons. The van der Waals surface area contributed by atoms with E-state index in [1.54, 1.807) is 0 Å². The van der Waals surface area contributed by atoms with Crippen LogP contribution in [-0.4, -0.2) is 35.2 Å². The molecule has 2 aliphatic carbocycles. The van der Waals surface area contributed by atoms with Crippen LogP contribution in [0.2, 0.25) is 0 Å². The molecule has 3 rings (SSSR count). The predicted octanol–water partition coefficient (Wildman–Crippen LogP) is 1.63.